The first-order chi connectivity index (χ1) is 11.1. The Morgan fingerprint density at radius 3 is 2.67 bits per heavy atom. The average Bonchev–Trinajstić information content (AvgIpc) is 2.45. The number of pyridine rings is 1. The minimum Gasteiger partial charge on any atom is -0.444 e. The van der Waals surface area contributed by atoms with Crippen LogP contribution >= 0.6 is 0 Å². The molecule has 1 amide bonds. The van der Waals surface area contributed by atoms with Crippen molar-refractivity contribution in [2.24, 2.45) is 0 Å². The molecule has 1 saturated heterocycles. The number of anilines is 1. The van der Waals surface area contributed by atoms with Crippen LogP contribution in [0.15, 0.2) is 18.3 Å². The van der Waals surface area contributed by atoms with Gasteiger partial charge in [-0.05, 0) is 52.2 Å². The largest absolute Gasteiger partial charge is 0.444 e. The van der Waals surface area contributed by atoms with E-state index in [1.807, 2.05) is 0 Å². The molecule has 0 bridgehead atoms. The molecule has 1 aliphatic rings. The van der Waals surface area contributed by atoms with Crippen LogP contribution in [0.25, 0.3) is 0 Å². The van der Waals surface area contributed by atoms with E-state index in [1.54, 1.807) is 25.7 Å². The molecule has 1 unspecified atom stereocenters. The fourth-order valence-corrected chi connectivity index (χ4v) is 2.59. The van der Waals surface area contributed by atoms with Gasteiger partial charge in [0.05, 0.1) is 0 Å². The van der Waals surface area contributed by atoms with Crippen LogP contribution in [0.1, 0.15) is 45.7 Å². The molecule has 0 radical (unpaired) electrons. The number of halogens is 3. The van der Waals surface area contributed by atoms with Gasteiger partial charge in [0.1, 0.15) is 17.5 Å². The van der Waals surface area contributed by atoms with Gasteiger partial charge < -0.3 is 15.0 Å². The zero-order chi connectivity index (χ0) is 18.0. The third-order valence-electron chi connectivity index (χ3n) is 3.55. The topological polar surface area (TPSA) is 54.5 Å². The molecule has 1 N–H and O–H groups in total. The maximum Gasteiger partial charge on any atom is 0.433 e. The summed E-state index contributed by atoms with van der Waals surface area (Å²) in [6, 6.07) is 2.53. The quantitative estimate of drug-likeness (QED) is 0.882. The van der Waals surface area contributed by atoms with Crippen molar-refractivity contribution in [3.63, 3.8) is 0 Å². The highest BCUT2D eigenvalue weighted by atomic mass is 19.4. The number of hydrogen-bond donors (Lipinski definition) is 1. The number of nitrogens with one attached hydrogen (secondary N) is 1. The fourth-order valence-electron chi connectivity index (χ4n) is 2.59. The maximum absolute atomic E-state index is 12.9. The third kappa shape index (κ3) is 5.01. The van der Waals surface area contributed by atoms with E-state index in [4.69, 9.17) is 4.74 Å². The molecule has 2 rings (SSSR count). The number of amides is 1. The van der Waals surface area contributed by atoms with E-state index < -0.39 is 29.7 Å². The number of nitrogens with zero attached hydrogens (tertiary/aromatic N) is 2. The number of carbonyl (C=O) groups is 1. The van der Waals surface area contributed by atoms with Gasteiger partial charge in [0.25, 0.3) is 0 Å². The number of ether oxygens (including phenoxy) is 1. The lowest BCUT2D eigenvalue weighted by Gasteiger charge is -2.38. The van der Waals surface area contributed by atoms with E-state index in [0.717, 1.165) is 25.1 Å². The molecule has 0 saturated carbocycles. The summed E-state index contributed by atoms with van der Waals surface area (Å²) < 4.78 is 43.8. The molecule has 1 aromatic heterocycles. The summed E-state index contributed by atoms with van der Waals surface area (Å²) in [6.45, 7) is 5.82. The SMILES string of the molecule is CC(C)(C)OC(=O)NC1CCCCN1c1ccnc(C(F)(F)F)c1. The number of rotatable bonds is 2. The number of piperidine rings is 1. The summed E-state index contributed by atoms with van der Waals surface area (Å²) in [5, 5.41) is 2.75. The molecule has 0 spiro atoms. The van der Waals surface area contributed by atoms with E-state index in [9.17, 15) is 18.0 Å². The van der Waals surface area contributed by atoms with Crippen molar-refractivity contribution in [1.29, 1.82) is 0 Å². The van der Waals surface area contributed by atoms with Crippen molar-refractivity contribution in [3.05, 3.63) is 24.0 Å². The van der Waals surface area contributed by atoms with Crippen LogP contribution in [0.2, 0.25) is 0 Å². The Kier molecular flexibility index (Phi) is 5.25. The third-order valence-corrected chi connectivity index (χ3v) is 3.55. The van der Waals surface area contributed by atoms with Gasteiger partial charge in [-0.15, -0.1) is 0 Å². The van der Waals surface area contributed by atoms with Crippen LogP contribution < -0.4 is 10.2 Å². The van der Waals surface area contributed by atoms with Crippen LogP contribution in [-0.2, 0) is 10.9 Å². The lowest BCUT2D eigenvalue weighted by Crippen LogP contribution is -2.52. The first-order valence-corrected chi connectivity index (χ1v) is 7.86. The van der Waals surface area contributed by atoms with Gasteiger partial charge in [-0.25, -0.2) is 4.79 Å². The molecule has 1 aromatic rings. The normalized spacial score (nSPS) is 19.1. The smallest absolute Gasteiger partial charge is 0.433 e. The molecule has 24 heavy (non-hydrogen) atoms. The van der Waals surface area contributed by atoms with Crippen LogP contribution in [0.5, 0.6) is 0 Å². The molecule has 5 nitrogen and oxygen atoms in total. The molecular formula is C16H22F3N3O2. The van der Waals surface area contributed by atoms with Crippen molar-refractivity contribution >= 4 is 11.8 Å². The number of aromatic nitrogens is 1. The van der Waals surface area contributed by atoms with E-state index in [1.165, 1.54) is 6.07 Å². The lowest BCUT2D eigenvalue weighted by molar-refractivity contribution is -0.141. The molecule has 1 atom stereocenters. The van der Waals surface area contributed by atoms with Gasteiger partial charge in [-0.2, -0.15) is 13.2 Å². The van der Waals surface area contributed by atoms with Gasteiger partial charge in [0.2, 0.25) is 0 Å². The summed E-state index contributed by atoms with van der Waals surface area (Å²) in [7, 11) is 0. The molecule has 0 aromatic carbocycles. The van der Waals surface area contributed by atoms with Crippen LogP contribution in [0, 0.1) is 0 Å². The van der Waals surface area contributed by atoms with Crippen LogP contribution in [-0.4, -0.2) is 29.4 Å². The van der Waals surface area contributed by atoms with E-state index in [2.05, 4.69) is 10.3 Å². The maximum atomic E-state index is 12.9. The predicted molar refractivity (Wildman–Crippen MR) is 83.6 cm³/mol. The van der Waals surface area contributed by atoms with Crippen molar-refractivity contribution in [3.8, 4) is 0 Å². The summed E-state index contributed by atoms with van der Waals surface area (Å²) in [5.41, 5.74) is -1.19. The van der Waals surface area contributed by atoms with Crippen molar-refractivity contribution in [1.82, 2.24) is 10.3 Å². The molecule has 2 heterocycles. The van der Waals surface area contributed by atoms with Crippen molar-refractivity contribution < 1.29 is 22.7 Å². The summed E-state index contributed by atoms with van der Waals surface area (Å²) in [5.74, 6) is 0. The highest BCUT2D eigenvalue weighted by Gasteiger charge is 2.34. The average molecular weight is 345 g/mol. The number of carbonyl (C=O) groups excluding carboxylic acids is 1. The summed E-state index contributed by atoms with van der Waals surface area (Å²) in [4.78, 5) is 17.1. The first kappa shape index (κ1) is 18.4. The minimum atomic E-state index is -4.50. The van der Waals surface area contributed by atoms with Gasteiger partial charge in [0.15, 0.2) is 0 Å². The molecule has 0 aliphatic carbocycles. The Bertz CT molecular complexity index is 585. The second kappa shape index (κ2) is 6.86. The molecule has 1 fully saturated rings. The highest BCUT2D eigenvalue weighted by Crippen LogP contribution is 2.31. The van der Waals surface area contributed by atoms with E-state index in [0.29, 0.717) is 18.7 Å². The highest BCUT2D eigenvalue weighted by molar-refractivity contribution is 5.69. The Morgan fingerprint density at radius 2 is 2.04 bits per heavy atom. The Hall–Kier alpha value is -1.99. The molecule has 1 aliphatic heterocycles. The first-order valence-electron chi connectivity index (χ1n) is 7.86. The van der Waals surface area contributed by atoms with Gasteiger partial charge in [-0.1, -0.05) is 0 Å². The number of alkyl halides is 3. The Balaban J connectivity index is 2.16. The van der Waals surface area contributed by atoms with Crippen molar-refractivity contribution in [2.45, 2.75) is 58.0 Å². The van der Waals surface area contributed by atoms with E-state index in [-0.39, 0.29) is 0 Å². The second-order valence-corrected chi connectivity index (χ2v) is 6.75. The second-order valence-electron chi connectivity index (χ2n) is 6.75. The Morgan fingerprint density at radius 1 is 1.33 bits per heavy atom. The lowest BCUT2D eigenvalue weighted by atomic mass is 10.1. The van der Waals surface area contributed by atoms with Crippen LogP contribution in [0.3, 0.4) is 0 Å². The molecular weight excluding hydrogens is 323 g/mol. The van der Waals surface area contributed by atoms with Gasteiger partial charge >= 0.3 is 12.3 Å². The number of alkyl carbamates (subject to hydrolysis) is 1. The summed E-state index contributed by atoms with van der Waals surface area (Å²) >= 11 is 0. The van der Waals surface area contributed by atoms with Crippen molar-refractivity contribution in [2.75, 3.05) is 11.4 Å². The van der Waals surface area contributed by atoms with Gasteiger partial charge in [0, 0.05) is 18.4 Å². The standard InChI is InChI=1S/C16H22F3N3O2/c1-15(2,3)24-14(23)21-13-6-4-5-9-22(13)11-7-8-20-12(10-11)16(17,18)19/h7-8,10,13H,4-6,9H2,1-3H3,(H,21,23). The minimum absolute atomic E-state index is 0.387. The predicted octanol–water partition coefficient (Wildman–Crippen LogP) is 3.94. The van der Waals surface area contributed by atoms with Gasteiger partial charge in [-0.3, -0.25) is 4.98 Å². The fraction of sp³-hybridized carbons (Fsp3) is 0.625. The van der Waals surface area contributed by atoms with Crippen LogP contribution in [0.4, 0.5) is 23.7 Å². The molecule has 8 heteroatoms. The zero-order valence-corrected chi connectivity index (χ0v) is 14.0. The monoisotopic (exact) mass is 345 g/mol. The number of hydrogen-bond acceptors (Lipinski definition) is 4. The summed E-state index contributed by atoms with van der Waals surface area (Å²) in [6.07, 6.45) is -1.98. The Labute approximate surface area is 139 Å². The zero-order valence-electron chi connectivity index (χ0n) is 14.0. The molecule has 134 valence electrons. The van der Waals surface area contributed by atoms with E-state index >= 15 is 0 Å².